The highest BCUT2D eigenvalue weighted by Crippen LogP contribution is 2.30. The van der Waals surface area contributed by atoms with Crippen LogP contribution in [-0.2, 0) is 11.2 Å². The molecule has 0 radical (unpaired) electrons. The summed E-state index contributed by atoms with van der Waals surface area (Å²) in [4.78, 5) is 26.1. The minimum atomic E-state index is -0.443. The number of aliphatic hydroxyl groups excluding tert-OH is 1. The van der Waals surface area contributed by atoms with Crippen LogP contribution in [0.25, 0.3) is 22.4 Å². The minimum Gasteiger partial charge on any atom is -0.394 e. The molecule has 146 valence electrons. The summed E-state index contributed by atoms with van der Waals surface area (Å²) < 4.78 is 0. The molecule has 3 aromatic rings. The van der Waals surface area contributed by atoms with Gasteiger partial charge in [-0.05, 0) is 37.0 Å². The molecule has 1 saturated heterocycles. The van der Waals surface area contributed by atoms with E-state index in [4.69, 9.17) is 4.98 Å². The SMILES string of the molecule is CC(C)(C=O)Cc1c[nH]c2ncc(-c3cccc(N4CCC[C@H]4CO)c3)nc12. The van der Waals surface area contributed by atoms with Crippen LogP contribution in [-0.4, -0.2) is 45.5 Å². The van der Waals surface area contributed by atoms with Crippen molar-refractivity contribution in [1.82, 2.24) is 15.0 Å². The van der Waals surface area contributed by atoms with Crippen molar-refractivity contribution in [3.05, 3.63) is 42.2 Å². The number of hydrogen-bond donors (Lipinski definition) is 2. The highest BCUT2D eigenvalue weighted by molar-refractivity contribution is 5.79. The molecule has 1 atom stereocenters. The van der Waals surface area contributed by atoms with Crippen LogP contribution in [0.2, 0.25) is 0 Å². The molecular weight excluding hydrogens is 352 g/mol. The van der Waals surface area contributed by atoms with Gasteiger partial charge in [-0.25, -0.2) is 9.97 Å². The van der Waals surface area contributed by atoms with Crippen LogP contribution < -0.4 is 4.90 Å². The van der Waals surface area contributed by atoms with E-state index in [1.807, 2.05) is 32.2 Å². The number of fused-ring (bicyclic) bond motifs is 1. The lowest BCUT2D eigenvalue weighted by Crippen LogP contribution is -2.31. The molecule has 0 aliphatic carbocycles. The summed E-state index contributed by atoms with van der Waals surface area (Å²) in [6, 6.07) is 8.44. The number of benzene rings is 1. The standard InChI is InChI=1S/C22H26N4O2/c1-22(2,14-28)10-16-11-23-21-20(16)25-19(12-24-21)15-5-3-6-17(9-15)26-8-4-7-18(26)13-27/h3,5-6,9,11-12,14,18,27H,4,7-8,10,13H2,1-2H3,(H,23,24)/t18-/m0/s1. The number of nitrogens with zero attached hydrogens (tertiary/aromatic N) is 3. The molecular formula is C22H26N4O2. The smallest absolute Gasteiger partial charge is 0.156 e. The molecule has 1 aliphatic heterocycles. The van der Waals surface area contributed by atoms with E-state index in [-0.39, 0.29) is 12.6 Å². The second-order valence-corrected chi connectivity index (χ2v) is 8.27. The summed E-state index contributed by atoms with van der Waals surface area (Å²) >= 11 is 0. The molecule has 4 rings (SSSR count). The topological polar surface area (TPSA) is 82.1 Å². The average Bonchev–Trinajstić information content (AvgIpc) is 3.34. The number of carbonyl (C=O) groups excluding carboxylic acids is 1. The van der Waals surface area contributed by atoms with Crippen molar-refractivity contribution >= 4 is 23.1 Å². The number of rotatable bonds is 6. The van der Waals surface area contributed by atoms with Gasteiger partial charge in [-0.1, -0.05) is 26.0 Å². The normalized spacial score (nSPS) is 17.4. The Morgan fingerprint density at radius 2 is 2.25 bits per heavy atom. The third-order valence-corrected chi connectivity index (χ3v) is 5.49. The second kappa shape index (κ2) is 7.36. The van der Waals surface area contributed by atoms with E-state index in [1.165, 1.54) is 0 Å². The molecule has 28 heavy (non-hydrogen) atoms. The maximum atomic E-state index is 11.3. The van der Waals surface area contributed by atoms with Gasteiger partial charge in [-0.3, -0.25) is 0 Å². The van der Waals surface area contributed by atoms with Crippen molar-refractivity contribution in [2.45, 2.75) is 39.2 Å². The predicted molar refractivity (Wildman–Crippen MR) is 110 cm³/mol. The molecule has 0 saturated carbocycles. The van der Waals surface area contributed by atoms with Gasteiger partial charge >= 0.3 is 0 Å². The highest BCUT2D eigenvalue weighted by Gasteiger charge is 2.24. The Balaban J connectivity index is 1.69. The molecule has 3 heterocycles. The lowest BCUT2D eigenvalue weighted by Gasteiger charge is -2.25. The monoisotopic (exact) mass is 378 g/mol. The van der Waals surface area contributed by atoms with Crippen molar-refractivity contribution in [2.24, 2.45) is 5.41 Å². The number of hydrogen-bond acceptors (Lipinski definition) is 5. The third kappa shape index (κ3) is 3.52. The molecule has 2 aromatic heterocycles. The molecule has 0 spiro atoms. The lowest BCUT2D eigenvalue weighted by atomic mass is 9.88. The van der Waals surface area contributed by atoms with Crippen molar-refractivity contribution in [2.75, 3.05) is 18.1 Å². The zero-order valence-electron chi connectivity index (χ0n) is 16.4. The summed E-state index contributed by atoms with van der Waals surface area (Å²) in [7, 11) is 0. The van der Waals surface area contributed by atoms with Gasteiger partial charge in [0.1, 0.15) is 11.8 Å². The molecule has 6 nitrogen and oxygen atoms in total. The quantitative estimate of drug-likeness (QED) is 0.643. The number of aromatic nitrogens is 3. The molecule has 0 unspecified atom stereocenters. The highest BCUT2D eigenvalue weighted by atomic mass is 16.3. The lowest BCUT2D eigenvalue weighted by molar-refractivity contribution is -0.114. The Morgan fingerprint density at radius 1 is 1.39 bits per heavy atom. The molecule has 6 heteroatoms. The molecule has 1 fully saturated rings. The van der Waals surface area contributed by atoms with E-state index in [1.54, 1.807) is 6.20 Å². The van der Waals surface area contributed by atoms with Crippen LogP contribution in [0.1, 0.15) is 32.3 Å². The first-order valence-electron chi connectivity index (χ1n) is 9.78. The number of carbonyl (C=O) groups is 1. The minimum absolute atomic E-state index is 0.176. The molecule has 0 bridgehead atoms. The number of aldehydes is 1. The van der Waals surface area contributed by atoms with Gasteiger partial charge in [0.05, 0.1) is 24.5 Å². The van der Waals surface area contributed by atoms with Gasteiger partial charge in [0.15, 0.2) is 5.65 Å². The first-order valence-corrected chi connectivity index (χ1v) is 9.78. The molecule has 1 aromatic carbocycles. The van der Waals surface area contributed by atoms with E-state index in [2.05, 4.69) is 27.0 Å². The molecule has 0 amide bonds. The van der Waals surface area contributed by atoms with Gasteiger partial charge < -0.3 is 19.8 Å². The number of H-pyrrole nitrogens is 1. The Labute approximate surface area is 164 Å². The van der Waals surface area contributed by atoms with Gasteiger partial charge in [0, 0.05) is 29.4 Å². The maximum absolute atomic E-state index is 11.3. The predicted octanol–water partition coefficient (Wildman–Crippen LogP) is 3.35. The van der Waals surface area contributed by atoms with E-state index in [0.29, 0.717) is 6.42 Å². The van der Waals surface area contributed by atoms with Crippen LogP contribution in [0.15, 0.2) is 36.7 Å². The largest absolute Gasteiger partial charge is 0.394 e. The van der Waals surface area contributed by atoms with E-state index >= 15 is 0 Å². The van der Waals surface area contributed by atoms with E-state index in [9.17, 15) is 9.90 Å². The zero-order chi connectivity index (χ0) is 19.7. The number of nitrogens with one attached hydrogen (secondary N) is 1. The Morgan fingerprint density at radius 3 is 3.04 bits per heavy atom. The van der Waals surface area contributed by atoms with Crippen molar-refractivity contribution < 1.29 is 9.90 Å². The van der Waals surface area contributed by atoms with Gasteiger partial charge in [0.25, 0.3) is 0 Å². The fourth-order valence-electron chi connectivity index (χ4n) is 3.96. The van der Waals surface area contributed by atoms with Crippen molar-refractivity contribution in [3.8, 4) is 11.3 Å². The molecule has 2 N–H and O–H groups in total. The Kier molecular flexibility index (Phi) is 4.89. The Hall–Kier alpha value is -2.73. The second-order valence-electron chi connectivity index (χ2n) is 8.27. The Bertz CT molecular complexity index is 995. The van der Waals surface area contributed by atoms with E-state index < -0.39 is 5.41 Å². The summed E-state index contributed by atoms with van der Waals surface area (Å²) in [5, 5.41) is 9.63. The first kappa shape index (κ1) is 18.6. The summed E-state index contributed by atoms with van der Waals surface area (Å²) in [6.45, 7) is 4.98. The number of aliphatic hydroxyl groups is 1. The fraction of sp³-hybridized carbons (Fsp3) is 0.409. The third-order valence-electron chi connectivity index (χ3n) is 5.49. The summed E-state index contributed by atoms with van der Waals surface area (Å²) in [5.41, 5.74) is 5.01. The van der Waals surface area contributed by atoms with Gasteiger partial charge in [-0.15, -0.1) is 0 Å². The molecule has 1 aliphatic rings. The fourth-order valence-corrected chi connectivity index (χ4v) is 3.96. The maximum Gasteiger partial charge on any atom is 0.156 e. The van der Waals surface area contributed by atoms with Crippen LogP contribution in [0.4, 0.5) is 5.69 Å². The average molecular weight is 378 g/mol. The van der Waals surface area contributed by atoms with Crippen molar-refractivity contribution in [3.63, 3.8) is 0 Å². The van der Waals surface area contributed by atoms with Gasteiger partial charge in [0.2, 0.25) is 0 Å². The summed E-state index contributed by atoms with van der Waals surface area (Å²) in [5.74, 6) is 0. The zero-order valence-corrected chi connectivity index (χ0v) is 16.4. The summed E-state index contributed by atoms with van der Waals surface area (Å²) in [6.07, 6.45) is 7.39. The van der Waals surface area contributed by atoms with Crippen LogP contribution in [0, 0.1) is 5.41 Å². The van der Waals surface area contributed by atoms with Crippen LogP contribution in [0.3, 0.4) is 0 Å². The van der Waals surface area contributed by atoms with Crippen LogP contribution >= 0.6 is 0 Å². The van der Waals surface area contributed by atoms with Gasteiger partial charge in [-0.2, -0.15) is 0 Å². The number of anilines is 1. The number of aromatic amines is 1. The van der Waals surface area contributed by atoms with Crippen LogP contribution in [0.5, 0.6) is 0 Å². The first-order chi connectivity index (χ1) is 13.5. The van der Waals surface area contributed by atoms with Crippen molar-refractivity contribution in [1.29, 1.82) is 0 Å². The van der Waals surface area contributed by atoms with E-state index in [0.717, 1.165) is 59.3 Å².